The molecule has 3 aliphatic heterocycles. The van der Waals surface area contributed by atoms with Crippen LogP contribution < -0.4 is 10.1 Å². The molecule has 1 aliphatic carbocycles. The number of pyridine rings is 2. The quantitative estimate of drug-likeness (QED) is 0.369. The average molecular weight is 566 g/mol. The van der Waals surface area contributed by atoms with Crippen LogP contribution in [-0.4, -0.2) is 107 Å². The second kappa shape index (κ2) is 10.3. The highest BCUT2D eigenvalue weighted by Crippen LogP contribution is 2.49. The number of hydrogen-bond acceptors (Lipinski definition) is 7. The van der Waals surface area contributed by atoms with Crippen molar-refractivity contribution in [2.45, 2.75) is 18.9 Å². The fraction of sp³-hybridized carbons (Fsp3) is 0.485. The van der Waals surface area contributed by atoms with Crippen molar-refractivity contribution >= 4 is 27.7 Å². The van der Waals surface area contributed by atoms with Crippen molar-refractivity contribution in [2.24, 2.45) is 18.4 Å². The lowest BCUT2D eigenvalue weighted by Gasteiger charge is -2.58. The standard InChI is InChI=1S/C33H39N7O2/c1-37-29-6-7-34-18-28(29)27-4-2-24(12-30(27)37)25-3-5-31(36-17-25)42-26-13-33(14-26)21-40(22-33)32(41)20-39-10-8-38(9-11-39)19-23-15-35-16-23/h2-7,12,17-18,23,26,35H,8-11,13-16,19-22H2,1H3. The average Bonchev–Trinajstić information content (AvgIpc) is 3.24. The Kier molecular flexibility index (Phi) is 6.42. The third-order valence-corrected chi connectivity index (χ3v) is 10.1. The second-order valence-corrected chi connectivity index (χ2v) is 13.1. The van der Waals surface area contributed by atoms with Crippen LogP contribution in [0.1, 0.15) is 12.8 Å². The minimum atomic E-state index is 0.181. The summed E-state index contributed by atoms with van der Waals surface area (Å²) in [5.74, 6) is 1.78. The van der Waals surface area contributed by atoms with Crippen LogP contribution in [0, 0.1) is 11.3 Å². The molecule has 9 nitrogen and oxygen atoms in total. The molecule has 218 valence electrons. The van der Waals surface area contributed by atoms with Gasteiger partial charge in [0.2, 0.25) is 11.8 Å². The number of rotatable bonds is 7. The lowest BCUT2D eigenvalue weighted by Crippen LogP contribution is -2.67. The largest absolute Gasteiger partial charge is 0.474 e. The number of likely N-dealkylation sites (tertiary alicyclic amines) is 1. The van der Waals surface area contributed by atoms with Crippen molar-refractivity contribution in [3.05, 3.63) is 55.0 Å². The van der Waals surface area contributed by atoms with E-state index in [1.54, 1.807) is 0 Å². The van der Waals surface area contributed by atoms with Gasteiger partial charge in [-0.2, -0.15) is 0 Å². The maximum Gasteiger partial charge on any atom is 0.236 e. The molecular weight excluding hydrogens is 526 g/mol. The van der Waals surface area contributed by atoms with Gasteiger partial charge in [-0.15, -0.1) is 0 Å². The highest BCUT2D eigenvalue weighted by Gasteiger charge is 2.54. The van der Waals surface area contributed by atoms with Gasteiger partial charge < -0.3 is 24.4 Å². The third-order valence-electron chi connectivity index (χ3n) is 10.1. The van der Waals surface area contributed by atoms with Gasteiger partial charge in [0.25, 0.3) is 0 Å². The van der Waals surface area contributed by atoms with E-state index >= 15 is 0 Å². The van der Waals surface area contributed by atoms with Gasteiger partial charge in [-0.05, 0) is 42.5 Å². The number of amides is 1. The Morgan fingerprint density at radius 1 is 0.952 bits per heavy atom. The number of nitrogens with one attached hydrogen (secondary N) is 1. The van der Waals surface area contributed by atoms with E-state index in [-0.39, 0.29) is 17.4 Å². The molecule has 42 heavy (non-hydrogen) atoms. The summed E-state index contributed by atoms with van der Waals surface area (Å²) in [5.41, 5.74) is 4.82. The van der Waals surface area contributed by atoms with Crippen LogP contribution in [0.4, 0.5) is 0 Å². The molecule has 1 N–H and O–H groups in total. The predicted octanol–water partition coefficient (Wildman–Crippen LogP) is 3.00. The molecule has 1 spiro atoms. The molecule has 4 aromatic rings. The lowest BCUT2D eigenvalue weighted by molar-refractivity contribution is -0.161. The lowest BCUT2D eigenvalue weighted by atomic mass is 9.61. The van der Waals surface area contributed by atoms with Gasteiger partial charge in [0, 0.05) is 118 Å². The van der Waals surface area contributed by atoms with Gasteiger partial charge in [-0.25, -0.2) is 4.98 Å². The zero-order valence-electron chi connectivity index (χ0n) is 24.3. The van der Waals surface area contributed by atoms with Gasteiger partial charge in [-0.1, -0.05) is 12.1 Å². The molecule has 8 rings (SSSR count). The Labute approximate surface area is 246 Å². The number of carbonyl (C=O) groups excluding carboxylic acids is 1. The van der Waals surface area contributed by atoms with E-state index < -0.39 is 0 Å². The Morgan fingerprint density at radius 3 is 2.48 bits per heavy atom. The van der Waals surface area contributed by atoms with Gasteiger partial charge >= 0.3 is 0 Å². The summed E-state index contributed by atoms with van der Waals surface area (Å²) in [6, 6.07) is 12.7. The molecule has 0 atom stereocenters. The highest BCUT2D eigenvalue weighted by molar-refractivity contribution is 6.08. The molecule has 4 aliphatic rings. The number of piperazine rings is 1. The number of benzene rings is 1. The number of hydrogen-bond donors (Lipinski definition) is 1. The second-order valence-electron chi connectivity index (χ2n) is 13.1. The number of aryl methyl sites for hydroxylation is 1. The Hall–Kier alpha value is -3.53. The summed E-state index contributed by atoms with van der Waals surface area (Å²) >= 11 is 0. The molecule has 3 saturated heterocycles. The van der Waals surface area contributed by atoms with E-state index in [9.17, 15) is 4.79 Å². The van der Waals surface area contributed by atoms with Gasteiger partial charge in [0.15, 0.2) is 0 Å². The van der Waals surface area contributed by atoms with Crippen molar-refractivity contribution in [3.63, 3.8) is 0 Å². The SMILES string of the molecule is Cn1c2ccncc2c2ccc(-c3ccc(OC4CC5(C4)CN(C(=O)CN4CCN(CC6CNC6)CC4)C5)nc3)cc21. The topological polar surface area (TPSA) is 78.8 Å². The van der Waals surface area contributed by atoms with E-state index in [1.807, 2.05) is 24.7 Å². The summed E-state index contributed by atoms with van der Waals surface area (Å²) in [4.78, 5) is 28.8. The smallest absolute Gasteiger partial charge is 0.236 e. The van der Waals surface area contributed by atoms with Gasteiger partial charge in [0.1, 0.15) is 6.10 Å². The van der Waals surface area contributed by atoms with Crippen molar-refractivity contribution in [3.8, 4) is 17.0 Å². The van der Waals surface area contributed by atoms with Crippen LogP contribution in [-0.2, 0) is 11.8 Å². The van der Waals surface area contributed by atoms with Crippen molar-refractivity contribution in [1.82, 2.24) is 34.6 Å². The van der Waals surface area contributed by atoms with E-state index in [4.69, 9.17) is 4.74 Å². The van der Waals surface area contributed by atoms with Gasteiger partial charge in [0.05, 0.1) is 12.1 Å². The first kappa shape index (κ1) is 26.1. The molecule has 0 bridgehead atoms. The Balaban J connectivity index is 0.807. The summed E-state index contributed by atoms with van der Waals surface area (Å²) in [7, 11) is 2.10. The maximum absolute atomic E-state index is 12.9. The van der Waals surface area contributed by atoms with E-state index in [0.29, 0.717) is 12.4 Å². The van der Waals surface area contributed by atoms with Crippen LogP contribution in [0.3, 0.4) is 0 Å². The van der Waals surface area contributed by atoms with Crippen LogP contribution in [0.15, 0.2) is 55.0 Å². The number of aromatic nitrogens is 3. The van der Waals surface area contributed by atoms with Crippen LogP contribution in [0.2, 0.25) is 0 Å². The molecule has 9 heteroatoms. The first-order valence-electron chi connectivity index (χ1n) is 15.4. The fourth-order valence-corrected chi connectivity index (χ4v) is 7.48. The highest BCUT2D eigenvalue weighted by atomic mass is 16.5. The monoisotopic (exact) mass is 565 g/mol. The van der Waals surface area contributed by atoms with E-state index in [2.05, 4.69) is 71.9 Å². The zero-order chi connectivity index (χ0) is 28.3. The number of carbonyl (C=O) groups is 1. The van der Waals surface area contributed by atoms with E-state index in [0.717, 1.165) is 82.2 Å². The minimum absolute atomic E-state index is 0.181. The maximum atomic E-state index is 12.9. The molecule has 4 fully saturated rings. The number of ether oxygens (including phenoxy) is 1. The van der Waals surface area contributed by atoms with Crippen LogP contribution >= 0.6 is 0 Å². The van der Waals surface area contributed by atoms with Gasteiger partial charge in [-0.3, -0.25) is 14.7 Å². The molecule has 1 amide bonds. The predicted molar refractivity (Wildman–Crippen MR) is 163 cm³/mol. The summed E-state index contributed by atoms with van der Waals surface area (Å²) in [6.07, 6.45) is 7.87. The molecule has 0 unspecified atom stereocenters. The fourth-order valence-electron chi connectivity index (χ4n) is 7.48. The number of fused-ring (bicyclic) bond motifs is 3. The van der Waals surface area contributed by atoms with Crippen LogP contribution in [0.5, 0.6) is 5.88 Å². The van der Waals surface area contributed by atoms with Crippen LogP contribution in [0.25, 0.3) is 32.9 Å². The summed E-state index contributed by atoms with van der Waals surface area (Å²) in [5, 5.41) is 5.74. The van der Waals surface area contributed by atoms with E-state index in [1.165, 1.54) is 28.4 Å². The third kappa shape index (κ3) is 4.73. The summed E-state index contributed by atoms with van der Waals surface area (Å²) in [6.45, 7) is 10.0. The Bertz CT molecular complexity index is 1610. The van der Waals surface area contributed by atoms with Crippen molar-refractivity contribution in [1.29, 1.82) is 0 Å². The summed E-state index contributed by atoms with van der Waals surface area (Å²) < 4.78 is 8.45. The zero-order valence-corrected chi connectivity index (χ0v) is 24.3. The van der Waals surface area contributed by atoms with Crippen molar-refractivity contribution in [2.75, 3.05) is 65.4 Å². The molecular formula is C33H39N7O2. The first-order valence-corrected chi connectivity index (χ1v) is 15.4. The minimum Gasteiger partial charge on any atom is -0.474 e. The first-order chi connectivity index (χ1) is 20.5. The molecule has 6 heterocycles. The molecule has 0 radical (unpaired) electrons. The molecule has 1 aromatic carbocycles. The number of nitrogens with zero attached hydrogens (tertiary/aromatic N) is 6. The van der Waals surface area contributed by atoms with Crippen molar-refractivity contribution < 1.29 is 9.53 Å². The molecule has 1 saturated carbocycles. The Morgan fingerprint density at radius 2 is 1.74 bits per heavy atom. The normalized spacial score (nSPS) is 21.4. The molecule has 3 aromatic heterocycles.